The van der Waals surface area contributed by atoms with Crippen LogP contribution in [0.4, 0.5) is 0 Å². The molecule has 0 saturated carbocycles. The molecule has 0 aromatic carbocycles. The lowest BCUT2D eigenvalue weighted by molar-refractivity contribution is 0.0637. The van der Waals surface area contributed by atoms with Crippen LogP contribution in [-0.2, 0) is 0 Å². The summed E-state index contributed by atoms with van der Waals surface area (Å²) in [5.74, 6) is 0. The fraction of sp³-hybridized carbons (Fsp3) is 1.00. The summed E-state index contributed by atoms with van der Waals surface area (Å²) in [6.45, 7) is 14.3. The van der Waals surface area contributed by atoms with Crippen molar-refractivity contribution >= 4 is 0 Å². The van der Waals surface area contributed by atoms with Crippen LogP contribution < -0.4 is 0 Å². The highest BCUT2D eigenvalue weighted by Gasteiger charge is 2.24. The minimum absolute atomic E-state index is 0.713. The van der Waals surface area contributed by atoms with Crippen molar-refractivity contribution in [2.75, 3.05) is 26.2 Å². The minimum Gasteiger partial charge on any atom is -0.298 e. The van der Waals surface area contributed by atoms with E-state index in [2.05, 4.69) is 37.5 Å². The molecule has 0 bridgehead atoms. The zero-order chi connectivity index (χ0) is 11.3. The van der Waals surface area contributed by atoms with Crippen LogP contribution in [0.5, 0.6) is 0 Å². The molecule has 15 heavy (non-hydrogen) atoms. The number of hydrogen-bond donors (Lipinski definition) is 0. The second-order valence-corrected chi connectivity index (χ2v) is 5.18. The highest BCUT2D eigenvalue weighted by atomic mass is 15.3. The van der Waals surface area contributed by atoms with Crippen molar-refractivity contribution < 1.29 is 0 Å². The molecule has 1 atom stereocenters. The quantitative estimate of drug-likeness (QED) is 0.646. The third-order valence-electron chi connectivity index (χ3n) is 3.58. The van der Waals surface area contributed by atoms with Crippen molar-refractivity contribution in [3.05, 3.63) is 0 Å². The molecule has 1 rings (SSSR count). The van der Waals surface area contributed by atoms with Crippen LogP contribution >= 0.6 is 0 Å². The number of rotatable bonds is 5. The van der Waals surface area contributed by atoms with Gasteiger partial charge in [-0.2, -0.15) is 0 Å². The van der Waals surface area contributed by atoms with E-state index in [9.17, 15) is 0 Å². The Labute approximate surface area is 95.6 Å². The van der Waals surface area contributed by atoms with Crippen LogP contribution in [0.1, 0.15) is 47.0 Å². The normalized spacial score (nSPS) is 25.0. The fourth-order valence-corrected chi connectivity index (χ4v) is 2.39. The number of hydrogen-bond acceptors (Lipinski definition) is 2. The molecule has 1 fully saturated rings. The van der Waals surface area contributed by atoms with Gasteiger partial charge in [-0.25, -0.2) is 0 Å². The molecule has 0 amide bonds. The first kappa shape index (κ1) is 13.0. The van der Waals surface area contributed by atoms with Crippen LogP contribution in [-0.4, -0.2) is 48.1 Å². The summed E-state index contributed by atoms with van der Waals surface area (Å²) in [5.41, 5.74) is 0. The average Bonchev–Trinajstić information content (AvgIpc) is 2.20. The Hall–Kier alpha value is -0.0800. The zero-order valence-corrected chi connectivity index (χ0v) is 11.0. The summed E-state index contributed by atoms with van der Waals surface area (Å²) < 4.78 is 0. The Kier molecular flexibility index (Phi) is 5.62. The van der Waals surface area contributed by atoms with Gasteiger partial charge in [-0.1, -0.05) is 19.8 Å². The highest BCUT2D eigenvalue weighted by molar-refractivity contribution is 4.80. The molecule has 1 aliphatic heterocycles. The second kappa shape index (κ2) is 6.49. The van der Waals surface area contributed by atoms with Gasteiger partial charge in [0.05, 0.1) is 0 Å². The van der Waals surface area contributed by atoms with E-state index in [4.69, 9.17) is 0 Å². The number of unbranched alkanes of at least 4 members (excludes halogenated alkanes) is 2. The topological polar surface area (TPSA) is 6.48 Å². The van der Waals surface area contributed by atoms with Crippen LogP contribution in [0.3, 0.4) is 0 Å². The van der Waals surface area contributed by atoms with Crippen LogP contribution in [0.15, 0.2) is 0 Å². The Bertz CT molecular complexity index is 168. The van der Waals surface area contributed by atoms with E-state index in [0.29, 0.717) is 6.04 Å². The minimum atomic E-state index is 0.713. The largest absolute Gasteiger partial charge is 0.298 e. The Morgan fingerprint density at radius 2 is 1.93 bits per heavy atom. The molecule has 1 unspecified atom stereocenters. The maximum Gasteiger partial charge on any atom is 0.0195 e. The standard InChI is InChI=1S/C13H28N2/c1-5-6-7-8-14-9-10-15(12(2)3)11-13(14)4/h12-13H,5-11H2,1-4H3. The molecule has 0 N–H and O–H groups in total. The summed E-state index contributed by atoms with van der Waals surface area (Å²) in [5, 5.41) is 0. The van der Waals surface area contributed by atoms with Crippen molar-refractivity contribution in [3.63, 3.8) is 0 Å². The fourth-order valence-electron chi connectivity index (χ4n) is 2.39. The van der Waals surface area contributed by atoms with Gasteiger partial charge in [-0.15, -0.1) is 0 Å². The summed E-state index contributed by atoms with van der Waals surface area (Å²) in [6, 6.07) is 1.46. The third kappa shape index (κ3) is 4.12. The van der Waals surface area contributed by atoms with Crippen molar-refractivity contribution in [1.29, 1.82) is 0 Å². The molecule has 0 aromatic rings. The van der Waals surface area contributed by atoms with Gasteiger partial charge < -0.3 is 0 Å². The molecule has 1 saturated heterocycles. The van der Waals surface area contributed by atoms with Crippen LogP contribution in [0, 0.1) is 0 Å². The first-order valence-corrected chi connectivity index (χ1v) is 6.63. The maximum absolute atomic E-state index is 2.66. The summed E-state index contributed by atoms with van der Waals surface area (Å²) in [4.78, 5) is 5.26. The van der Waals surface area contributed by atoms with Crippen molar-refractivity contribution in [3.8, 4) is 0 Å². The predicted molar refractivity (Wildman–Crippen MR) is 67.3 cm³/mol. The van der Waals surface area contributed by atoms with E-state index in [1.165, 1.54) is 45.4 Å². The summed E-state index contributed by atoms with van der Waals surface area (Å²) in [6.07, 6.45) is 4.10. The molecule has 2 nitrogen and oxygen atoms in total. The molecule has 0 radical (unpaired) electrons. The van der Waals surface area contributed by atoms with E-state index >= 15 is 0 Å². The Morgan fingerprint density at radius 3 is 2.47 bits per heavy atom. The molecule has 0 aliphatic carbocycles. The SMILES string of the molecule is CCCCCN1CCN(C(C)C)CC1C. The third-order valence-corrected chi connectivity index (χ3v) is 3.58. The molecule has 2 heteroatoms. The van der Waals surface area contributed by atoms with Crippen molar-refractivity contribution in [2.45, 2.75) is 59.0 Å². The van der Waals surface area contributed by atoms with Gasteiger partial charge in [-0.3, -0.25) is 9.80 Å². The van der Waals surface area contributed by atoms with E-state index in [1.54, 1.807) is 0 Å². The van der Waals surface area contributed by atoms with Gasteiger partial charge in [0, 0.05) is 31.7 Å². The Balaban J connectivity index is 2.26. The van der Waals surface area contributed by atoms with E-state index in [1.807, 2.05) is 0 Å². The van der Waals surface area contributed by atoms with E-state index < -0.39 is 0 Å². The van der Waals surface area contributed by atoms with Gasteiger partial charge in [-0.05, 0) is 33.7 Å². The van der Waals surface area contributed by atoms with Crippen molar-refractivity contribution in [2.24, 2.45) is 0 Å². The molecule has 0 aromatic heterocycles. The van der Waals surface area contributed by atoms with Crippen LogP contribution in [0.25, 0.3) is 0 Å². The average molecular weight is 212 g/mol. The Morgan fingerprint density at radius 1 is 1.20 bits per heavy atom. The van der Waals surface area contributed by atoms with Gasteiger partial charge in [0.1, 0.15) is 0 Å². The first-order chi connectivity index (χ1) is 7.15. The molecule has 1 aliphatic rings. The van der Waals surface area contributed by atoms with E-state index in [0.717, 1.165) is 6.04 Å². The molecule has 0 spiro atoms. The maximum atomic E-state index is 2.66. The second-order valence-electron chi connectivity index (χ2n) is 5.18. The van der Waals surface area contributed by atoms with Gasteiger partial charge in [0.25, 0.3) is 0 Å². The van der Waals surface area contributed by atoms with Gasteiger partial charge >= 0.3 is 0 Å². The summed E-state index contributed by atoms with van der Waals surface area (Å²) >= 11 is 0. The zero-order valence-electron chi connectivity index (χ0n) is 11.0. The lowest BCUT2D eigenvalue weighted by Crippen LogP contribution is -2.53. The smallest absolute Gasteiger partial charge is 0.0195 e. The first-order valence-electron chi connectivity index (χ1n) is 6.63. The van der Waals surface area contributed by atoms with Gasteiger partial charge in [0.15, 0.2) is 0 Å². The van der Waals surface area contributed by atoms with E-state index in [-0.39, 0.29) is 0 Å². The summed E-state index contributed by atoms with van der Waals surface area (Å²) in [7, 11) is 0. The molecular weight excluding hydrogens is 184 g/mol. The number of piperazine rings is 1. The monoisotopic (exact) mass is 212 g/mol. The lowest BCUT2D eigenvalue weighted by Gasteiger charge is -2.41. The molecule has 90 valence electrons. The number of nitrogens with zero attached hydrogens (tertiary/aromatic N) is 2. The van der Waals surface area contributed by atoms with Crippen molar-refractivity contribution in [1.82, 2.24) is 9.80 Å². The van der Waals surface area contributed by atoms with Gasteiger partial charge in [0.2, 0.25) is 0 Å². The molecule has 1 heterocycles. The predicted octanol–water partition coefficient (Wildman–Crippen LogP) is 2.59. The lowest BCUT2D eigenvalue weighted by atomic mass is 10.1. The molecular formula is C13H28N2. The van der Waals surface area contributed by atoms with Crippen LogP contribution in [0.2, 0.25) is 0 Å². The highest BCUT2D eigenvalue weighted by Crippen LogP contribution is 2.13.